The highest BCUT2D eigenvalue weighted by Gasteiger charge is 2.05. The molecule has 0 spiro atoms. The molecular formula is C17H17N5O. The Morgan fingerprint density at radius 3 is 2.83 bits per heavy atom. The highest BCUT2D eigenvalue weighted by atomic mass is 16.1. The van der Waals surface area contributed by atoms with E-state index in [2.05, 4.69) is 15.3 Å². The Kier molecular flexibility index (Phi) is 3.80. The second-order valence-electron chi connectivity index (χ2n) is 5.49. The smallest absolute Gasteiger partial charge is 0.227 e. The van der Waals surface area contributed by atoms with Crippen molar-refractivity contribution < 1.29 is 4.79 Å². The predicted molar refractivity (Wildman–Crippen MR) is 91.3 cm³/mol. The van der Waals surface area contributed by atoms with Gasteiger partial charge >= 0.3 is 0 Å². The summed E-state index contributed by atoms with van der Waals surface area (Å²) in [4.78, 5) is 19.8. The van der Waals surface area contributed by atoms with Gasteiger partial charge in [0.2, 0.25) is 11.9 Å². The number of hydrogen-bond donors (Lipinski definition) is 3. The monoisotopic (exact) mass is 307 g/mol. The third-order valence-electron chi connectivity index (χ3n) is 3.38. The lowest BCUT2D eigenvalue weighted by Crippen LogP contribution is -2.14. The minimum absolute atomic E-state index is 0.136. The number of fused-ring (bicyclic) bond motifs is 1. The van der Waals surface area contributed by atoms with E-state index in [-0.39, 0.29) is 6.42 Å². The lowest BCUT2D eigenvalue weighted by molar-refractivity contribution is -0.117. The number of carbonyl (C=O) groups excluding carboxylic acids is 1. The van der Waals surface area contributed by atoms with E-state index in [0.717, 1.165) is 22.0 Å². The number of primary amides is 1. The van der Waals surface area contributed by atoms with E-state index in [1.807, 2.05) is 31.2 Å². The molecule has 0 fully saturated rings. The SMILES string of the molecule is Cc1ccc2nc(Nc3cc(N)cc(CC(N)=O)c3)ncc2c1. The molecule has 1 heterocycles. The molecule has 116 valence electrons. The van der Waals surface area contributed by atoms with Gasteiger partial charge < -0.3 is 16.8 Å². The van der Waals surface area contributed by atoms with Crippen molar-refractivity contribution in [1.82, 2.24) is 9.97 Å². The molecule has 2 aromatic carbocycles. The van der Waals surface area contributed by atoms with E-state index in [1.54, 1.807) is 18.3 Å². The van der Waals surface area contributed by atoms with Gasteiger partial charge in [0.25, 0.3) is 0 Å². The molecule has 1 amide bonds. The van der Waals surface area contributed by atoms with E-state index in [9.17, 15) is 4.79 Å². The fourth-order valence-electron chi connectivity index (χ4n) is 2.44. The predicted octanol–water partition coefficient (Wildman–Crippen LogP) is 2.29. The number of nitrogens with zero attached hydrogens (tertiary/aromatic N) is 2. The van der Waals surface area contributed by atoms with Crippen molar-refractivity contribution >= 4 is 34.1 Å². The lowest BCUT2D eigenvalue weighted by atomic mass is 10.1. The molecule has 0 atom stereocenters. The average molecular weight is 307 g/mol. The van der Waals surface area contributed by atoms with E-state index < -0.39 is 5.91 Å². The highest BCUT2D eigenvalue weighted by Crippen LogP contribution is 2.21. The first kappa shape index (κ1) is 14.8. The quantitative estimate of drug-likeness (QED) is 0.641. The Morgan fingerprint density at radius 1 is 1.22 bits per heavy atom. The van der Waals surface area contributed by atoms with Crippen LogP contribution in [0.25, 0.3) is 10.9 Å². The summed E-state index contributed by atoms with van der Waals surface area (Å²) in [5.74, 6) is 0.0656. The van der Waals surface area contributed by atoms with E-state index in [4.69, 9.17) is 11.5 Å². The van der Waals surface area contributed by atoms with E-state index >= 15 is 0 Å². The van der Waals surface area contributed by atoms with E-state index in [1.165, 1.54) is 0 Å². The van der Waals surface area contributed by atoms with Gasteiger partial charge in [-0.15, -0.1) is 0 Å². The van der Waals surface area contributed by atoms with Crippen LogP contribution in [0.4, 0.5) is 17.3 Å². The summed E-state index contributed by atoms with van der Waals surface area (Å²) in [6.45, 7) is 2.03. The van der Waals surface area contributed by atoms with Crippen LogP contribution in [0, 0.1) is 6.92 Å². The minimum Gasteiger partial charge on any atom is -0.399 e. The summed E-state index contributed by atoms with van der Waals surface area (Å²) in [6, 6.07) is 11.3. The van der Waals surface area contributed by atoms with Crippen molar-refractivity contribution in [3.63, 3.8) is 0 Å². The molecule has 0 radical (unpaired) electrons. The Morgan fingerprint density at radius 2 is 2.04 bits per heavy atom. The molecule has 0 saturated carbocycles. The summed E-state index contributed by atoms with van der Waals surface area (Å²) in [5.41, 5.74) is 15.1. The number of carbonyl (C=O) groups is 1. The molecule has 5 N–H and O–H groups in total. The van der Waals surface area contributed by atoms with Gasteiger partial charge in [-0.3, -0.25) is 4.79 Å². The van der Waals surface area contributed by atoms with Crippen molar-refractivity contribution in [1.29, 1.82) is 0 Å². The topological polar surface area (TPSA) is 107 Å². The van der Waals surface area contributed by atoms with Crippen molar-refractivity contribution in [2.24, 2.45) is 5.73 Å². The first-order chi connectivity index (χ1) is 11.0. The van der Waals surface area contributed by atoms with Crippen LogP contribution in [-0.2, 0) is 11.2 Å². The van der Waals surface area contributed by atoms with Gasteiger partial charge in [0.15, 0.2) is 0 Å². The van der Waals surface area contributed by atoms with Crippen LogP contribution in [0.15, 0.2) is 42.6 Å². The molecule has 0 aliphatic heterocycles. The van der Waals surface area contributed by atoms with Crippen LogP contribution < -0.4 is 16.8 Å². The first-order valence-electron chi connectivity index (χ1n) is 7.18. The van der Waals surface area contributed by atoms with Gasteiger partial charge in [0.1, 0.15) is 0 Å². The average Bonchev–Trinajstić information content (AvgIpc) is 2.46. The molecule has 0 aliphatic carbocycles. The standard InChI is InChI=1S/C17H17N5O/c1-10-2-3-15-12(4-10)9-20-17(22-15)21-14-6-11(7-16(19)23)5-13(18)8-14/h2-6,8-9H,7,18H2,1H3,(H2,19,23)(H,20,21,22). The Hall–Kier alpha value is -3.15. The molecule has 1 aromatic heterocycles. The van der Waals surface area contributed by atoms with Crippen LogP contribution in [-0.4, -0.2) is 15.9 Å². The summed E-state index contributed by atoms with van der Waals surface area (Å²) >= 11 is 0. The molecule has 0 bridgehead atoms. The molecule has 3 rings (SSSR count). The molecule has 23 heavy (non-hydrogen) atoms. The maximum absolute atomic E-state index is 11.1. The van der Waals surface area contributed by atoms with Crippen molar-refractivity contribution in [2.45, 2.75) is 13.3 Å². The number of amides is 1. The summed E-state index contributed by atoms with van der Waals surface area (Å²) < 4.78 is 0. The minimum atomic E-state index is -0.404. The maximum atomic E-state index is 11.1. The molecular weight excluding hydrogens is 290 g/mol. The molecule has 0 unspecified atom stereocenters. The third-order valence-corrected chi connectivity index (χ3v) is 3.38. The molecule has 0 saturated heterocycles. The number of nitrogens with two attached hydrogens (primary N) is 2. The van der Waals surface area contributed by atoms with Crippen molar-refractivity contribution in [3.05, 3.63) is 53.7 Å². The number of nitrogens with one attached hydrogen (secondary N) is 1. The van der Waals surface area contributed by atoms with Crippen LogP contribution in [0.2, 0.25) is 0 Å². The Labute approximate surface area is 133 Å². The van der Waals surface area contributed by atoms with Gasteiger partial charge in [0, 0.05) is 23.0 Å². The van der Waals surface area contributed by atoms with Gasteiger partial charge in [-0.05, 0) is 42.8 Å². The van der Waals surface area contributed by atoms with Gasteiger partial charge in [0.05, 0.1) is 11.9 Å². The second kappa shape index (κ2) is 5.92. The number of hydrogen-bond acceptors (Lipinski definition) is 5. The maximum Gasteiger partial charge on any atom is 0.227 e. The number of aromatic nitrogens is 2. The number of aryl methyl sites for hydroxylation is 1. The van der Waals surface area contributed by atoms with Crippen molar-refractivity contribution in [3.8, 4) is 0 Å². The summed E-state index contributed by atoms with van der Waals surface area (Å²) in [7, 11) is 0. The zero-order valence-electron chi connectivity index (χ0n) is 12.7. The number of anilines is 3. The Balaban J connectivity index is 1.90. The fraction of sp³-hybridized carbons (Fsp3) is 0.118. The zero-order valence-corrected chi connectivity index (χ0v) is 12.7. The van der Waals surface area contributed by atoms with Gasteiger partial charge in [-0.2, -0.15) is 0 Å². The summed E-state index contributed by atoms with van der Waals surface area (Å²) in [5, 5.41) is 4.09. The van der Waals surface area contributed by atoms with E-state index in [0.29, 0.717) is 17.3 Å². The number of rotatable bonds is 4. The third kappa shape index (κ3) is 3.55. The van der Waals surface area contributed by atoms with Gasteiger partial charge in [-0.1, -0.05) is 11.6 Å². The van der Waals surface area contributed by atoms with Crippen LogP contribution in [0.5, 0.6) is 0 Å². The second-order valence-corrected chi connectivity index (χ2v) is 5.49. The largest absolute Gasteiger partial charge is 0.399 e. The Bertz CT molecular complexity index is 891. The molecule has 3 aromatic rings. The normalized spacial score (nSPS) is 10.7. The summed E-state index contributed by atoms with van der Waals surface area (Å²) in [6.07, 6.45) is 1.91. The molecule has 6 heteroatoms. The lowest BCUT2D eigenvalue weighted by Gasteiger charge is -2.09. The molecule has 0 aliphatic rings. The van der Waals surface area contributed by atoms with Crippen LogP contribution in [0.3, 0.4) is 0 Å². The molecule has 6 nitrogen and oxygen atoms in total. The number of benzene rings is 2. The highest BCUT2D eigenvalue weighted by molar-refractivity contribution is 5.80. The van der Waals surface area contributed by atoms with Gasteiger partial charge in [-0.25, -0.2) is 9.97 Å². The van der Waals surface area contributed by atoms with Crippen LogP contribution in [0.1, 0.15) is 11.1 Å². The van der Waals surface area contributed by atoms with Crippen LogP contribution >= 0.6 is 0 Å². The van der Waals surface area contributed by atoms with Crippen molar-refractivity contribution in [2.75, 3.05) is 11.1 Å². The zero-order chi connectivity index (χ0) is 16.4. The fourth-order valence-corrected chi connectivity index (χ4v) is 2.44. The number of nitrogen functional groups attached to an aromatic ring is 1. The first-order valence-corrected chi connectivity index (χ1v) is 7.18.